The fourth-order valence-electron chi connectivity index (χ4n) is 2.93. The van der Waals surface area contributed by atoms with Crippen molar-refractivity contribution in [2.75, 3.05) is 25.6 Å². The monoisotopic (exact) mass is 388 g/mol. The zero-order valence-corrected chi connectivity index (χ0v) is 15.8. The Morgan fingerprint density at radius 2 is 2.07 bits per heavy atom. The van der Waals surface area contributed by atoms with Crippen LogP contribution in [0.25, 0.3) is 0 Å². The number of rotatable bonds is 7. The van der Waals surface area contributed by atoms with Crippen LogP contribution in [0.4, 0.5) is 5.69 Å². The van der Waals surface area contributed by atoms with Gasteiger partial charge in [-0.2, -0.15) is 0 Å². The fourth-order valence-corrected chi connectivity index (χ4v) is 3.12. The van der Waals surface area contributed by atoms with Crippen LogP contribution in [0.3, 0.4) is 0 Å². The third-order valence-electron chi connectivity index (χ3n) is 4.26. The summed E-state index contributed by atoms with van der Waals surface area (Å²) in [5, 5.41) is 6.22. The summed E-state index contributed by atoms with van der Waals surface area (Å²) < 4.78 is 10.9. The van der Waals surface area contributed by atoms with Gasteiger partial charge in [0.1, 0.15) is 18.1 Å². The Morgan fingerprint density at radius 3 is 2.89 bits per heavy atom. The fraction of sp³-hybridized carbons (Fsp3) is 0.300. The van der Waals surface area contributed by atoms with Gasteiger partial charge in [-0.1, -0.05) is 11.6 Å². The third kappa shape index (κ3) is 5.14. The SMILES string of the molecule is COc1ccc(Cl)cc1CC(=O)NCCOc1ccc2c(c1)CCC(=O)N2. The predicted octanol–water partition coefficient (Wildman–Crippen LogP) is 2.97. The number of methoxy groups -OCH3 is 1. The molecule has 1 aliphatic rings. The van der Waals surface area contributed by atoms with E-state index in [2.05, 4.69) is 10.6 Å². The lowest BCUT2D eigenvalue weighted by Crippen LogP contribution is -2.29. The molecule has 0 unspecified atom stereocenters. The Morgan fingerprint density at radius 1 is 1.22 bits per heavy atom. The van der Waals surface area contributed by atoms with Gasteiger partial charge in [0.25, 0.3) is 0 Å². The Bertz CT molecular complexity index is 854. The largest absolute Gasteiger partial charge is 0.496 e. The van der Waals surface area contributed by atoms with E-state index in [1.54, 1.807) is 25.3 Å². The van der Waals surface area contributed by atoms with Gasteiger partial charge in [0.15, 0.2) is 0 Å². The Hall–Kier alpha value is -2.73. The quantitative estimate of drug-likeness (QED) is 0.715. The van der Waals surface area contributed by atoms with Crippen molar-refractivity contribution in [1.29, 1.82) is 0 Å². The first kappa shape index (κ1) is 19.0. The molecule has 0 atom stereocenters. The van der Waals surface area contributed by atoms with Gasteiger partial charge >= 0.3 is 0 Å². The number of benzene rings is 2. The molecule has 0 aromatic heterocycles. The van der Waals surface area contributed by atoms with Gasteiger partial charge < -0.3 is 20.1 Å². The van der Waals surface area contributed by atoms with E-state index in [9.17, 15) is 9.59 Å². The standard InChI is InChI=1S/C20H21ClN2O4/c1-26-18-6-3-15(21)10-14(18)12-20(25)22-8-9-27-16-4-5-17-13(11-16)2-7-19(24)23-17/h3-6,10-11H,2,7-9,12H2,1H3,(H,22,25)(H,23,24). The lowest BCUT2D eigenvalue weighted by molar-refractivity contribution is -0.120. The molecule has 0 saturated carbocycles. The second kappa shape index (κ2) is 8.77. The first-order chi connectivity index (χ1) is 13.0. The minimum Gasteiger partial charge on any atom is -0.496 e. The van der Waals surface area contributed by atoms with Crippen molar-refractivity contribution >= 4 is 29.1 Å². The van der Waals surface area contributed by atoms with E-state index in [0.29, 0.717) is 36.8 Å². The number of aryl methyl sites for hydroxylation is 1. The summed E-state index contributed by atoms with van der Waals surface area (Å²) in [5.41, 5.74) is 2.63. The van der Waals surface area contributed by atoms with E-state index in [1.165, 1.54) is 0 Å². The second-order valence-electron chi connectivity index (χ2n) is 6.20. The molecule has 1 aliphatic heterocycles. The van der Waals surface area contributed by atoms with Crippen molar-refractivity contribution in [3.05, 3.63) is 52.5 Å². The van der Waals surface area contributed by atoms with Crippen LogP contribution in [0, 0.1) is 0 Å². The van der Waals surface area contributed by atoms with Gasteiger partial charge in [0.2, 0.25) is 11.8 Å². The maximum atomic E-state index is 12.1. The summed E-state index contributed by atoms with van der Waals surface area (Å²) in [5.74, 6) is 1.25. The van der Waals surface area contributed by atoms with Crippen molar-refractivity contribution in [3.8, 4) is 11.5 Å². The zero-order valence-electron chi connectivity index (χ0n) is 15.0. The summed E-state index contributed by atoms with van der Waals surface area (Å²) >= 11 is 5.98. The lowest BCUT2D eigenvalue weighted by atomic mass is 10.0. The molecule has 2 N–H and O–H groups in total. The Labute approximate surface area is 162 Å². The summed E-state index contributed by atoms with van der Waals surface area (Å²) in [6.07, 6.45) is 1.37. The summed E-state index contributed by atoms with van der Waals surface area (Å²) in [7, 11) is 1.56. The molecule has 0 radical (unpaired) electrons. The molecule has 0 aliphatic carbocycles. The molecule has 0 spiro atoms. The minimum atomic E-state index is -0.132. The van der Waals surface area contributed by atoms with E-state index in [4.69, 9.17) is 21.1 Å². The van der Waals surface area contributed by atoms with E-state index in [0.717, 1.165) is 22.6 Å². The van der Waals surface area contributed by atoms with Crippen LogP contribution in [0.1, 0.15) is 17.5 Å². The number of fused-ring (bicyclic) bond motifs is 1. The van der Waals surface area contributed by atoms with Crippen LogP contribution in [-0.4, -0.2) is 32.1 Å². The van der Waals surface area contributed by atoms with Crippen LogP contribution in [-0.2, 0) is 22.4 Å². The number of carbonyl (C=O) groups excluding carboxylic acids is 2. The van der Waals surface area contributed by atoms with E-state index in [-0.39, 0.29) is 18.2 Å². The smallest absolute Gasteiger partial charge is 0.224 e. The first-order valence-corrected chi connectivity index (χ1v) is 9.07. The van der Waals surface area contributed by atoms with Gasteiger partial charge in [0.05, 0.1) is 20.1 Å². The highest BCUT2D eigenvalue weighted by Crippen LogP contribution is 2.26. The molecule has 2 aromatic carbocycles. The number of carbonyl (C=O) groups is 2. The van der Waals surface area contributed by atoms with Crippen LogP contribution in [0.15, 0.2) is 36.4 Å². The predicted molar refractivity (Wildman–Crippen MR) is 104 cm³/mol. The van der Waals surface area contributed by atoms with Gasteiger partial charge in [-0.3, -0.25) is 9.59 Å². The molecule has 0 bridgehead atoms. The molecule has 0 saturated heterocycles. The molecule has 142 valence electrons. The first-order valence-electron chi connectivity index (χ1n) is 8.70. The normalized spacial score (nSPS) is 12.7. The van der Waals surface area contributed by atoms with E-state index < -0.39 is 0 Å². The van der Waals surface area contributed by atoms with E-state index in [1.807, 2.05) is 18.2 Å². The van der Waals surface area contributed by atoms with Crippen LogP contribution >= 0.6 is 11.6 Å². The molecule has 0 fully saturated rings. The molecular formula is C20H21ClN2O4. The van der Waals surface area contributed by atoms with Gasteiger partial charge in [-0.25, -0.2) is 0 Å². The number of ether oxygens (including phenoxy) is 2. The van der Waals surface area contributed by atoms with Gasteiger partial charge in [-0.15, -0.1) is 0 Å². The van der Waals surface area contributed by atoms with Crippen molar-refractivity contribution in [3.63, 3.8) is 0 Å². The molecular weight excluding hydrogens is 368 g/mol. The average Bonchev–Trinajstić information content (AvgIpc) is 2.65. The van der Waals surface area contributed by atoms with Crippen molar-refractivity contribution in [2.24, 2.45) is 0 Å². The summed E-state index contributed by atoms with van der Waals surface area (Å²) in [6.45, 7) is 0.735. The van der Waals surface area contributed by atoms with Gasteiger partial charge in [0, 0.05) is 22.7 Å². The maximum absolute atomic E-state index is 12.1. The van der Waals surface area contributed by atoms with Crippen LogP contribution < -0.4 is 20.1 Å². The lowest BCUT2D eigenvalue weighted by Gasteiger charge is -2.17. The van der Waals surface area contributed by atoms with Crippen molar-refractivity contribution in [2.45, 2.75) is 19.3 Å². The Balaban J connectivity index is 1.46. The molecule has 1 heterocycles. The Kier molecular flexibility index (Phi) is 6.19. The second-order valence-corrected chi connectivity index (χ2v) is 6.63. The van der Waals surface area contributed by atoms with E-state index >= 15 is 0 Å². The number of halogens is 1. The zero-order chi connectivity index (χ0) is 19.2. The summed E-state index contributed by atoms with van der Waals surface area (Å²) in [4.78, 5) is 23.5. The topological polar surface area (TPSA) is 76.7 Å². The number of hydrogen-bond donors (Lipinski definition) is 2. The molecule has 2 amide bonds. The average molecular weight is 389 g/mol. The highest BCUT2D eigenvalue weighted by atomic mass is 35.5. The molecule has 3 rings (SSSR count). The number of nitrogens with one attached hydrogen (secondary N) is 2. The highest BCUT2D eigenvalue weighted by molar-refractivity contribution is 6.30. The van der Waals surface area contributed by atoms with Crippen molar-refractivity contribution in [1.82, 2.24) is 5.32 Å². The number of hydrogen-bond acceptors (Lipinski definition) is 4. The molecule has 6 nitrogen and oxygen atoms in total. The van der Waals surface area contributed by atoms with Crippen molar-refractivity contribution < 1.29 is 19.1 Å². The minimum absolute atomic E-state index is 0.0372. The molecule has 27 heavy (non-hydrogen) atoms. The van der Waals surface area contributed by atoms with Gasteiger partial charge in [-0.05, 0) is 48.4 Å². The highest BCUT2D eigenvalue weighted by Gasteiger charge is 2.15. The van der Waals surface area contributed by atoms with Crippen LogP contribution in [0.2, 0.25) is 5.02 Å². The molecule has 2 aromatic rings. The summed E-state index contributed by atoms with van der Waals surface area (Å²) in [6, 6.07) is 10.8. The number of anilines is 1. The maximum Gasteiger partial charge on any atom is 0.224 e. The number of amides is 2. The van der Waals surface area contributed by atoms with Crippen LogP contribution in [0.5, 0.6) is 11.5 Å². The third-order valence-corrected chi connectivity index (χ3v) is 4.49. The molecule has 7 heteroatoms.